The quantitative estimate of drug-likeness (QED) is 0.210. The fourth-order valence-electron chi connectivity index (χ4n) is 2.74. The molecular weight excluding hydrogens is 430 g/mol. The van der Waals surface area contributed by atoms with Gasteiger partial charge >= 0.3 is 0 Å². The minimum absolute atomic E-state index is 0.0608. The van der Waals surface area contributed by atoms with E-state index in [1.807, 2.05) is 106 Å². The normalized spacial score (nSPS) is 11.1. The van der Waals surface area contributed by atoms with Crippen molar-refractivity contribution in [3.8, 4) is 0 Å². The number of aliphatic hydroxyl groups is 1. The van der Waals surface area contributed by atoms with Crippen LogP contribution in [0, 0.1) is 0 Å². The number of nitrogens with one attached hydrogen (secondary N) is 1. The molecule has 0 aromatic heterocycles. The summed E-state index contributed by atoms with van der Waals surface area (Å²) in [6.07, 6.45) is 8.04. The summed E-state index contributed by atoms with van der Waals surface area (Å²) < 4.78 is 0. The van der Waals surface area contributed by atoms with Gasteiger partial charge in [-0.15, -0.1) is 0 Å². The van der Waals surface area contributed by atoms with Crippen molar-refractivity contribution in [1.29, 1.82) is 0 Å². The van der Waals surface area contributed by atoms with Crippen LogP contribution < -0.4 is 5.32 Å². The number of anilines is 2. The monoisotopic (exact) mass is 465 g/mol. The van der Waals surface area contributed by atoms with Gasteiger partial charge < -0.3 is 15.3 Å². The number of thiocarbonyl (C=S) groups is 1. The maximum Gasteiger partial charge on any atom is 0.255 e. The van der Waals surface area contributed by atoms with Gasteiger partial charge in [0.15, 0.2) is 5.11 Å². The van der Waals surface area contributed by atoms with E-state index in [9.17, 15) is 4.79 Å². The fraction of sp³-hybridized carbons (Fsp3) is 0.259. The SMILES string of the molecule is C/C=C\C=C/O.CCN(C)C(=S)N(CC)C(=O)C(C)=Cc1ccc(Nc2ccccc2)cc1. The Morgan fingerprint density at radius 1 is 1.00 bits per heavy atom. The summed E-state index contributed by atoms with van der Waals surface area (Å²) >= 11 is 5.43. The van der Waals surface area contributed by atoms with E-state index in [-0.39, 0.29) is 5.91 Å². The van der Waals surface area contributed by atoms with Gasteiger partial charge in [-0.2, -0.15) is 0 Å². The van der Waals surface area contributed by atoms with E-state index < -0.39 is 0 Å². The van der Waals surface area contributed by atoms with Crippen molar-refractivity contribution >= 4 is 40.7 Å². The van der Waals surface area contributed by atoms with E-state index in [4.69, 9.17) is 17.3 Å². The number of rotatable bonds is 7. The number of hydrogen-bond donors (Lipinski definition) is 2. The van der Waals surface area contributed by atoms with Crippen molar-refractivity contribution in [2.24, 2.45) is 0 Å². The molecule has 0 atom stereocenters. The Morgan fingerprint density at radius 2 is 1.61 bits per heavy atom. The summed E-state index contributed by atoms with van der Waals surface area (Å²) in [5.41, 5.74) is 3.68. The molecule has 5 nitrogen and oxygen atoms in total. The minimum Gasteiger partial charge on any atom is -0.516 e. The number of nitrogens with zero attached hydrogens (tertiary/aromatic N) is 2. The van der Waals surface area contributed by atoms with Gasteiger partial charge in [0.05, 0.1) is 6.26 Å². The summed E-state index contributed by atoms with van der Waals surface area (Å²) in [6, 6.07) is 18.0. The molecule has 0 fully saturated rings. The first-order valence-electron chi connectivity index (χ1n) is 11.0. The lowest BCUT2D eigenvalue weighted by Gasteiger charge is -2.28. The Hall–Kier alpha value is -3.38. The maximum atomic E-state index is 12.8. The molecule has 176 valence electrons. The number of benzene rings is 2. The molecular formula is C27H35N3O2S. The number of amides is 1. The van der Waals surface area contributed by atoms with Gasteiger partial charge in [-0.3, -0.25) is 9.69 Å². The van der Waals surface area contributed by atoms with Crippen LogP contribution in [-0.4, -0.2) is 46.1 Å². The molecule has 0 aliphatic carbocycles. The number of carbonyl (C=O) groups excluding carboxylic acids is 1. The number of aliphatic hydroxyl groups excluding tert-OH is 1. The summed E-state index contributed by atoms with van der Waals surface area (Å²) in [6.45, 7) is 8.98. The molecule has 0 aliphatic rings. The summed E-state index contributed by atoms with van der Waals surface area (Å²) in [5, 5.41) is 11.9. The van der Waals surface area contributed by atoms with Gasteiger partial charge in [0, 0.05) is 37.1 Å². The molecule has 2 rings (SSSR count). The highest BCUT2D eigenvalue weighted by molar-refractivity contribution is 7.80. The van der Waals surface area contributed by atoms with Crippen LogP contribution in [0.3, 0.4) is 0 Å². The smallest absolute Gasteiger partial charge is 0.255 e. The van der Waals surface area contributed by atoms with Crippen molar-refractivity contribution in [2.45, 2.75) is 27.7 Å². The van der Waals surface area contributed by atoms with Crippen molar-refractivity contribution in [1.82, 2.24) is 9.80 Å². The molecule has 0 spiro atoms. The van der Waals surface area contributed by atoms with Crippen molar-refractivity contribution in [2.75, 3.05) is 25.5 Å². The van der Waals surface area contributed by atoms with Gasteiger partial charge in [-0.25, -0.2) is 0 Å². The van der Waals surface area contributed by atoms with E-state index >= 15 is 0 Å². The predicted octanol–water partition coefficient (Wildman–Crippen LogP) is 6.55. The molecule has 2 aromatic carbocycles. The van der Waals surface area contributed by atoms with E-state index in [0.717, 1.165) is 29.7 Å². The van der Waals surface area contributed by atoms with Crippen LogP contribution in [0.15, 0.2) is 84.7 Å². The third-order valence-electron chi connectivity index (χ3n) is 4.68. The molecule has 0 saturated carbocycles. The minimum atomic E-state index is -0.0608. The largest absolute Gasteiger partial charge is 0.516 e. The number of allylic oxidation sites excluding steroid dienone is 3. The summed E-state index contributed by atoms with van der Waals surface area (Å²) in [4.78, 5) is 16.3. The van der Waals surface area contributed by atoms with Gasteiger partial charge in [-0.05, 0) is 81.9 Å². The maximum absolute atomic E-state index is 12.8. The number of hydrogen-bond acceptors (Lipinski definition) is 4. The van der Waals surface area contributed by atoms with Crippen LogP contribution in [0.4, 0.5) is 11.4 Å². The average molecular weight is 466 g/mol. The first kappa shape index (κ1) is 27.7. The third kappa shape index (κ3) is 9.74. The molecule has 0 aliphatic heterocycles. The number of likely N-dealkylation sites (N-methyl/N-ethyl adjacent to an activating group) is 1. The Balaban J connectivity index is 0.000000801. The van der Waals surface area contributed by atoms with Gasteiger partial charge in [-0.1, -0.05) is 42.5 Å². The zero-order valence-electron chi connectivity index (χ0n) is 20.2. The summed E-state index contributed by atoms with van der Waals surface area (Å²) in [5.74, 6) is -0.0608. The summed E-state index contributed by atoms with van der Waals surface area (Å²) in [7, 11) is 1.90. The van der Waals surface area contributed by atoms with E-state index in [2.05, 4.69) is 5.32 Å². The molecule has 0 radical (unpaired) electrons. The Labute approximate surface area is 203 Å². The van der Waals surface area contributed by atoms with Crippen LogP contribution in [0.1, 0.15) is 33.3 Å². The van der Waals surface area contributed by atoms with E-state index in [1.54, 1.807) is 17.1 Å². The highest BCUT2D eigenvalue weighted by Gasteiger charge is 2.20. The Kier molecular flexibility index (Phi) is 12.9. The Morgan fingerprint density at radius 3 is 2.09 bits per heavy atom. The van der Waals surface area contributed by atoms with Crippen molar-refractivity contribution in [3.05, 3.63) is 90.2 Å². The number of carbonyl (C=O) groups is 1. The topological polar surface area (TPSA) is 55.8 Å². The first-order valence-corrected chi connectivity index (χ1v) is 11.4. The van der Waals surface area contributed by atoms with Crippen LogP contribution in [0.25, 0.3) is 6.08 Å². The van der Waals surface area contributed by atoms with Crippen LogP contribution in [-0.2, 0) is 4.79 Å². The molecule has 2 N–H and O–H groups in total. The zero-order valence-corrected chi connectivity index (χ0v) is 21.0. The second kappa shape index (κ2) is 15.4. The van der Waals surface area contributed by atoms with Crippen LogP contribution >= 0.6 is 12.2 Å². The van der Waals surface area contributed by atoms with Crippen molar-refractivity contribution in [3.63, 3.8) is 0 Å². The molecule has 0 heterocycles. The van der Waals surface area contributed by atoms with E-state index in [0.29, 0.717) is 17.2 Å². The fourth-order valence-corrected chi connectivity index (χ4v) is 3.08. The standard InChI is InChI=1S/C22H27N3OS.C5H8O/c1-5-24(4)22(27)25(6-2)21(26)17(3)16-18-12-14-20(15-13-18)23-19-10-8-7-9-11-19;1-2-3-4-5-6/h7-16,23H,5-6H2,1-4H3;2-6H,1H3/b;3-2-,5-4-. The highest BCUT2D eigenvalue weighted by atomic mass is 32.1. The van der Waals surface area contributed by atoms with Gasteiger partial charge in [0.2, 0.25) is 0 Å². The van der Waals surface area contributed by atoms with Gasteiger partial charge in [0.1, 0.15) is 0 Å². The second-order valence-electron chi connectivity index (χ2n) is 7.15. The average Bonchev–Trinajstić information content (AvgIpc) is 2.84. The Bertz CT molecular complexity index is 941. The third-order valence-corrected chi connectivity index (χ3v) is 5.21. The molecule has 33 heavy (non-hydrogen) atoms. The molecule has 6 heteroatoms. The van der Waals surface area contributed by atoms with Crippen LogP contribution in [0.2, 0.25) is 0 Å². The molecule has 0 saturated heterocycles. The number of para-hydroxylation sites is 1. The lowest BCUT2D eigenvalue weighted by molar-refractivity contribution is -0.123. The molecule has 2 aromatic rings. The zero-order chi connectivity index (χ0) is 24.6. The predicted molar refractivity (Wildman–Crippen MR) is 145 cm³/mol. The molecule has 1 amide bonds. The lowest BCUT2D eigenvalue weighted by atomic mass is 10.1. The molecule has 0 bridgehead atoms. The lowest BCUT2D eigenvalue weighted by Crippen LogP contribution is -2.44. The highest BCUT2D eigenvalue weighted by Crippen LogP contribution is 2.18. The first-order chi connectivity index (χ1) is 15.9. The van der Waals surface area contributed by atoms with Crippen LogP contribution in [0.5, 0.6) is 0 Å². The molecule has 0 unspecified atom stereocenters. The van der Waals surface area contributed by atoms with E-state index in [1.165, 1.54) is 0 Å². The second-order valence-corrected chi connectivity index (χ2v) is 7.52. The van der Waals surface area contributed by atoms with Crippen molar-refractivity contribution < 1.29 is 9.90 Å². The van der Waals surface area contributed by atoms with Gasteiger partial charge in [0.25, 0.3) is 5.91 Å².